The molecule has 0 radical (unpaired) electrons. The molecule has 0 unspecified atom stereocenters. The van der Waals surface area contributed by atoms with Gasteiger partial charge in [0.2, 0.25) is 5.91 Å². The van der Waals surface area contributed by atoms with Gasteiger partial charge >= 0.3 is 0 Å². The molecule has 1 amide bonds. The highest BCUT2D eigenvalue weighted by Gasteiger charge is 2.07. The molecule has 0 fully saturated rings. The lowest BCUT2D eigenvalue weighted by Crippen LogP contribution is -2.42. The highest BCUT2D eigenvalue weighted by Crippen LogP contribution is 1.86. The fourth-order valence-electron chi connectivity index (χ4n) is 0.914. The molecule has 0 rings (SSSR count). The largest absolute Gasteiger partial charge is 0.342 e. The summed E-state index contributed by atoms with van der Waals surface area (Å²) < 4.78 is 0. The molecule has 4 nitrogen and oxygen atoms in total. The van der Waals surface area contributed by atoms with Crippen LogP contribution in [0, 0.1) is 0 Å². The molecule has 0 saturated carbocycles. The monoisotopic (exact) mass is 173 g/mol. The number of hydrogen-bond acceptors (Lipinski definition) is 3. The molecule has 0 aliphatic carbocycles. The topological polar surface area (TPSA) is 35.6 Å². The first-order chi connectivity index (χ1) is 5.61. The molecular formula is C8H19N3O. The van der Waals surface area contributed by atoms with E-state index in [1.807, 2.05) is 27.9 Å². The molecule has 1 N–H and O–H groups in total. The van der Waals surface area contributed by atoms with Crippen LogP contribution in [0.2, 0.25) is 0 Å². The van der Waals surface area contributed by atoms with Crippen LogP contribution in [0.15, 0.2) is 0 Å². The van der Waals surface area contributed by atoms with Crippen LogP contribution in [0.1, 0.15) is 13.8 Å². The normalized spacial score (nSPS) is 10.4. The van der Waals surface area contributed by atoms with Gasteiger partial charge in [-0.05, 0) is 13.8 Å². The Kier molecular flexibility index (Phi) is 5.66. The third kappa shape index (κ3) is 4.31. The van der Waals surface area contributed by atoms with Crippen molar-refractivity contribution >= 4 is 5.91 Å². The Labute approximate surface area is 74.5 Å². The van der Waals surface area contributed by atoms with Crippen molar-refractivity contribution in [1.82, 2.24) is 15.3 Å². The Hall–Kier alpha value is -0.610. The summed E-state index contributed by atoms with van der Waals surface area (Å²) >= 11 is 0. The standard InChI is InChI=1S/C8H19N3O/c1-5-11(6-2)8(12)7-9-10(3)4/h9H,5-7H2,1-4H3. The zero-order chi connectivity index (χ0) is 9.56. The maximum atomic E-state index is 11.3. The second kappa shape index (κ2) is 5.97. The van der Waals surface area contributed by atoms with Gasteiger partial charge in [-0.25, -0.2) is 5.43 Å². The zero-order valence-electron chi connectivity index (χ0n) is 8.42. The number of nitrogens with one attached hydrogen (secondary N) is 1. The Bertz CT molecular complexity index is 132. The van der Waals surface area contributed by atoms with Crippen LogP contribution < -0.4 is 5.43 Å². The first kappa shape index (κ1) is 11.4. The lowest BCUT2D eigenvalue weighted by molar-refractivity contribution is -0.130. The zero-order valence-corrected chi connectivity index (χ0v) is 8.42. The van der Waals surface area contributed by atoms with E-state index in [0.29, 0.717) is 6.54 Å². The predicted molar refractivity (Wildman–Crippen MR) is 49.6 cm³/mol. The van der Waals surface area contributed by atoms with Gasteiger partial charge in [-0.15, -0.1) is 0 Å². The van der Waals surface area contributed by atoms with Crippen molar-refractivity contribution in [3.8, 4) is 0 Å². The van der Waals surface area contributed by atoms with Gasteiger partial charge in [0.25, 0.3) is 0 Å². The van der Waals surface area contributed by atoms with Crippen LogP contribution in [0.25, 0.3) is 0 Å². The molecule has 0 aliphatic heterocycles. The van der Waals surface area contributed by atoms with Crippen LogP contribution in [0.4, 0.5) is 0 Å². The van der Waals surface area contributed by atoms with E-state index in [1.54, 1.807) is 9.91 Å². The summed E-state index contributed by atoms with van der Waals surface area (Å²) in [4.78, 5) is 13.1. The van der Waals surface area contributed by atoms with Crippen molar-refractivity contribution in [1.29, 1.82) is 0 Å². The number of hydrazine groups is 1. The van der Waals surface area contributed by atoms with Gasteiger partial charge in [0.05, 0.1) is 6.54 Å². The Balaban J connectivity index is 3.69. The van der Waals surface area contributed by atoms with Crippen LogP contribution >= 0.6 is 0 Å². The van der Waals surface area contributed by atoms with E-state index in [1.165, 1.54) is 0 Å². The predicted octanol–water partition coefficient (Wildman–Crippen LogP) is -0.0790. The first-order valence-corrected chi connectivity index (χ1v) is 4.30. The van der Waals surface area contributed by atoms with Crippen LogP contribution in [-0.4, -0.2) is 49.5 Å². The minimum absolute atomic E-state index is 0.147. The van der Waals surface area contributed by atoms with Gasteiger partial charge in [0.1, 0.15) is 0 Å². The molecule has 0 spiro atoms. The number of nitrogens with zero attached hydrogens (tertiary/aromatic N) is 2. The fraction of sp³-hybridized carbons (Fsp3) is 0.875. The SMILES string of the molecule is CCN(CC)C(=O)CNN(C)C. The minimum Gasteiger partial charge on any atom is -0.342 e. The lowest BCUT2D eigenvalue weighted by atomic mass is 10.4. The van der Waals surface area contributed by atoms with E-state index < -0.39 is 0 Å². The number of likely N-dealkylation sites (N-methyl/N-ethyl adjacent to an activating group) is 1. The summed E-state index contributed by atoms with van der Waals surface area (Å²) in [7, 11) is 3.74. The van der Waals surface area contributed by atoms with Crippen LogP contribution in [0.5, 0.6) is 0 Å². The van der Waals surface area contributed by atoms with Gasteiger partial charge < -0.3 is 4.90 Å². The molecule has 0 heterocycles. The average molecular weight is 173 g/mol. The minimum atomic E-state index is 0.147. The third-order valence-corrected chi connectivity index (χ3v) is 1.66. The molecule has 0 atom stereocenters. The summed E-state index contributed by atoms with van der Waals surface area (Å²) in [6, 6.07) is 0. The van der Waals surface area contributed by atoms with Gasteiger partial charge in [-0.2, -0.15) is 0 Å². The van der Waals surface area contributed by atoms with E-state index in [9.17, 15) is 4.79 Å². The van der Waals surface area contributed by atoms with E-state index in [0.717, 1.165) is 13.1 Å². The molecule has 12 heavy (non-hydrogen) atoms. The highest BCUT2D eigenvalue weighted by atomic mass is 16.2. The summed E-state index contributed by atoms with van der Waals surface area (Å²) in [5.74, 6) is 0.147. The molecule has 0 bridgehead atoms. The van der Waals surface area contributed by atoms with Crippen molar-refractivity contribution in [2.75, 3.05) is 33.7 Å². The molecule has 0 aromatic rings. The van der Waals surface area contributed by atoms with Gasteiger partial charge in [0.15, 0.2) is 0 Å². The van der Waals surface area contributed by atoms with Crippen molar-refractivity contribution in [2.24, 2.45) is 0 Å². The van der Waals surface area contributed by atoms with Crippen molar-refractivity contribution < 1.29 is 4.79 Å². The highest BCUT2D eigenvalue weighted by molar-refractivity contribution is 5.78. The first-order valence-electron chi connectivity index (χ1n) is 4.30. The smallest absolute Gasteiger partial charge is 0.237 e. The van der Waals surface area contributed by atoms with E-state index in [4.69, 9.17) is 0 Å². The van der Waals surface area contributed by atoms with Gasteiger partial charge in [0, 0.05) is 27.2 Å². The number of carbonyl (C=O) groups is 1. The van der Waals surface area contributed by atoms with Crippen molar-refractivity contribution in [2.45, 2.75) is 13.8 Å². The number of hydrogen-bond donors (Lipinski definition) is 1. The molecular weight excluding hydrogens is 154 g/mol. The van der Waals surface area contributed by atoms with Crippen LogP contribution in [0.3, 0.4) is 0 Å². The summed E-state index contributed by atoms with van der Waals surface area (Å²) in [5.41, 5.74) is 2.94. The Morgan fingerprint density at radius 1 is 1.25 bits per heavy atom. The van der Waals surface area contributed by atoms with Gasteiger partial charge in [-0.1, -0.05) is 0 Å². The van der Waals surface area contributed by atoms with Crippen LogP contribution in [-0.2, 0) is 4.79 Å². The number of rotatable bonds is 5. The lowest BCUT2D eigenvalue weighted by Gasteiger charge is -2.20. The number of carbonyl (C=O) groups excluding carboxylic acids is 1. The quantitative estimate of drug-likeness (QED) is 0.591. The molecule has 0 saturated heterocycles. The summed E-state index contributed by atoms with van der Waals surface area (Å²) in [6.07, 6.45) is 0. The van der Waals surface area contributed by atoms with E-state index in [-0.39, 0.29) is 5.91 Å². The van der Waals surface area contributed by atoms with E-state index >= 15 is 0 Å². The summed E-state index contributed by atoms with van der Waals surface area (Å²) in [5, 5.41) is 1.78. The van der Waals surface area contributed by atoms with Gasteiger partial charge in [-0.3, -0.25) is 9.80 Å². The molecule has 72 valence electrons. The molecule has 4 heteroatoms. The second-order valence-electron chi connectivity index (χ2n) is 2.80. The summed E-state index contributed by atoms with van der Waals surface area (Å²) in [6.45, 7) is 5.91. The van der Waals surface area contributed by atoms with Crippen molar-refractivity contribution in [3.05, 3.63) is 0 Å². The fourth-order valence-corrected chi connectivity index (χ4v) is 0.914. The maximum absolute atomic E-state index is 11.3. The average Bonchev–Trinajstić information content (AvgIpc) is 2.03. The second-order valence-corrected chi connectivity index (χ2v) is 2.80. The molecule has 0 aromatic carbocycles. The van der Waals surface area contributed by atoms with E-state index in [2.05, 4.69) is 5.43 Å². The van der Waals surface area contributed by atoms with Crippen molar-refractivity contribution in [3.63, 3.8) is 0 Å². The third-order valence-electron chi connectivity index (χ3n) is 1.66. The molecule has 0 aliphatic rings. The maximum Gasteiger partial charge on any atom is 0.237 e. The Morgan fingerprint density at radius 2 is 1.75 bits per heavy atom. The molecule has 0 aromatic heterocycles. The number of amides is 1. The Morgan fingerprint density at radius 3 is 2.08 bits per heavy atom.